The van der Waals surface area contributed by atoms with Crippen LogP contribution in [-0.2, 0) is 4.79 Å². The Morgan fingerprint density at radius 1 is 1.28 bits per heavy atom. The van der Waals surface area contributed by atoms with Crippen LogP contribution in [0, 0.1) is 0 Å². The van der Waals surface area contributed by atoms with Gasteiger partial charge in [-0.3, -0.25) is 4.79 Å². The normalized spacial score (nSPS) is 20.4. The van der Waals surface area contributed by atoms with Gasteiger partial charge < -0.3 is 15.7 Å². The average molecular weight is 256 g/mol. The van der Waals surface area contributed by atoms with Crippen molar-refractivity contribution < 1.29 is 9.90 Å². The first-order valence-corrected chi connectivity index (χ1v) is 7.36. The highest BCUT2D eigenvalue weighted by Gasteiger charge is 2.38. The van der Waals surface area contributed by atoms with Crippen molar-refractivity contribution in [2.24, 2.45) is 0 Å². The molecule has 1 atom stereocenters. The molecule has 0 bridgehead atoms. The number of amides is 1. The van der Waals surface area contributed by atoms with Crippen LogP contribution in [0.3, 0.4) is 0 Å². The van der Waals surface area contributed by atoms with Crippen LogP contribution in [0.5, 0.6) is 0 Å². The summed E-state index contributed by atoms with van der Waals surface area (Å²) >= 11 is 0. The van der Waals surface area contributed by atoms with E-state index in [0.29, 0.717) is 6.54 Å². The number of carbonyl (C=O) groups excluding carboxylic acids is 1. The van der Waals surface area contributed by atoms with Crippen molar-refractivity contribution >= 4 is 5.91 Å². The standard InChI is InChI=1S/C14H28N2O2/c1-3-10-15-13(18)14(8-6-5-7-9-14)16-11-12(17)4-2/h12,16-17H,3-11H2,1-2H3,(H,15,18). The zero-order valence-corrected chi connectivity index (χ0v) is 11.8. The summed E-state index contributed by atoms with van der Waals surface area (Å²) in [7, 11) is 0. The molecular weight excluding hydrogens is 228 g/mol. The van der Waals surface area contributed by atoms with E-state index in [1.807, 2.05) is 6.92 Å². The second-order valence-corrected chi connectivity index (χ2v) is 5.34. The van der Waals surface area contributed by atoms with Crippen molar-refractivity contribution in [3.63, 3.8) is 0 Å². The summed E-state index contributed by atoms with van der Waals surface area (Å²) in [6, 6.07) is 0. The Morgan fingerprint density at radius 3 is 2.50 bits per heavy atom. The SMILES string of the molecule is CCCNC(=O)C1(NCC(O)CC)CCCCC1. The molecule has 4 heteroatoms. The molecular formula is C14H28N2O2. The molecule has 0 saturated heterocycles. The second-order valence-electron chi connectivity index (χ2n) is 5.34. The van der Waals surface area contributed by atoms with Gasteiger partial charge in [0.25, 0.3) is 0 Å². The number of hydrogen-bond donors (Lipinski definition) is 3. The smallest absolute Gasteiger partial charge is 0.240 e. The number of aliphatic hydroxyl groups is 1. The lowest BCUT2D eigenvalue weighted by Crippen LogP contribution is -2.59. The highest BCUT2D eigenvalue weighted by Crippen LogP contribution is 2.28. The van der Waals surface area contributed by atoms with Crippen LogP contribution < -0.4 is 10.6 Å². The quantitative estimate of drug-likeness (QED) is 0.648. The van der Waals surface area contributed by atoms with E-state index in [0.717, 1.165) is 45.1 Å². The third-order valence-electron chi connectivity index (χ3n) is 3.82. The van der Waals surface area contributed by atoms with Crippen LogP contribution in [0.4, 0.5) is 0 Å². The van der Waals surface area contributed by atoms with Crippen molar-refractivity contribution in [2.75, 3.05) is 13.1 Å². The maximum Gasteiger partial charge on any atom is 0.240 e. The number of aliphatic hydroxyl groups excluding tert-OH is 1. The first kappa shape index (κ1) is 15.4. The fourth-order valence-corrected chi connectivity index (χ4v) is 2.50. The molecule has 3 N–H and O–H groups in total. The molecule has 1 fully saturated rings. The zero-order chi connectivity index (χ0) is 13.4. The zero-order valence-electron chi connectivity index (χ0n) is 11.8. The van der Waals surface area contributed by atoms with Crippen LogP contribution in [-0.4, -0.2) is 35.7 Å². The van der Waals surface area contributed by atoms with E-state index in [-0.39, 0.29) is 12.0 Å². The van der Waals surface area contributed by atoms with E-state index in [2.05, 4.69) is 17.6 Å². The van der Waals surface area contributed by atoms with Gasteiger partial charge in [-0.05, 0) is 25.7 Å². The Balaban J connectivity index is 2.59. The average Bonchev–Trinajstić information content (AvgIpc) is 2.43. The molecule has 1 aliphatic carbocycles. The van der Waals surface area contributed by atoms with E-state index in [1.165, 1.54) is 6.42 Å². The molecule has 0 spiro atoms. The van der Waals surface area contributed by atoms with E-state index >= 15 is 0 Å². The largest absolute Gasteiger partial charge is 0.392 e. The Morgan fingerprint density at radius 2 is 1.94 bits per heavy atom. The summed E-state index contributed by atoms with van der Waals surface area (Å²) in [4.78, 5) is 12.3. The second kappa shape index (κ2) is 7.74. The molecule has 1 rings (SSSR count). The van der Waals surface area contributed by atoms with Crippen molar-refractivity contribution in [1.29, 1.82) is 0 Å². The number of rotatable bonds is 7. The summed E-state index contributed by atoms with van der Waals surface area (Å²) < 4.78 is 0. The molecule has 0 aromatic rings. The van der Waals surface area contributed by atoms with E-state index < -0.39 is 5.54 Å². The van der Waals surface area contributed by atoms with Gasteiger partial charge in [0.05, 0.1) is 11.6 Å². The predicted molar refractivity (Wildman–Crippen MR) is 73.4 cm³/mol. The number of β-amino-alcohol motifs (C(OH)–C–C–N with tert-alkyl or cyclic N) is 1. The monoisotopic (exact) mass is 256 g/mol. The van der Waals surface area contributed by atoms with Crippen molar-refractivity contribution in [3.05, 3.63) is 0 Å². The summed E-state index contributed by atoms with van der Waals surface area (Å²) in [6.45, 7) is 5.26. The number of nitrogens with one attached hydrogen (secondary N) is 2. The highest BCUT2D eigenvalue weighted by atomic mass is 16.3. The van der Waals surface area contributed by atoms with Crippen molar-refractivity contribution in [3.8, 4) is 0 Å². The van der Waals surface area contributed by atoms with Crippen LogP contribution in [0.2, 0.25) is 0 Å². The third kappa shape index (κ3) is 4.25. The van der Waals surface area contributed by atoms with Crippen molar-refractivity contribution in [1.82, 2.24) is 10.6 Å². The topological polar surface area (TPSA) is 61.4 Å². The fraction of sp³-hybridized carbons (Fsp3) is 0.929. The minimum atomic E-state index is -0.441. The van der Waals surface area contributed by atoms with Crippen LogP contribution in [0.15, 0.2) is 0 Å². The summed E-state index contributed by atoms with van der Waals surface area (Å²) in [5.41, 5.74) is -0.441. The summed E-state index contributed by atoms with van der Waals surface area (Å²) in [5, 5.41) is 16.0. The van der Waals surface area contributed by atoms with Gasteiger partial charge in [-0.25, -0.2) is 0 Å². The molecule has 0 aromatic carbocycles. The maximum absolute atomic E-state index is 12.3. The summed E-state index contributed by atoms with van der Waals surface area (Å²) in [6.07, 6.45) is 6.49. The molecule has 1 saturated carbocycles. The predicted octanol–water partition coefficient (Wildman–Crippen LogP) is 1.58. The molecule has 0 radical (unpaired) electrons. The Kier molecular flexibility index (Phi) is 6.65. The van der Waals surface area contributed by atoms with E-state index in [4.69, 9.17) is 0 Å². The van der Waals surface area contributed by atoms with Gasteiger partial charge in [-0.15, -0.1) is 0 Å². The molecule has 18 heavy (non-hydrogen) atoms. The van der Waals surface area contributed by atoms with Gasteiger partial charge in [0.2, 0.25) is 5.91 Å². The number of carbonyl (C=O) groups is 1. The molecule has 1 unspecified atom stereocenters. The first-order chi connectivity index (χ1) is 8.64. The highest BCUT2D eigenvalue weighted by molar-refractivity contribution is 5.86. The molecule has 0 heterocycles. The minimum Gasteiger partial charge on any atom is -0.392 e. The Hall–Kier alpha value is -0.610. The van der Waals surface area contributed by atoms with Gasteiger partial charge in [0.1, 0.15) is 0 Å². The van der Waals surface area contributed by atoms with Gasteiger partial charge in [0, 0.05) is 13.1 Å². The fourth-order valence-electron chi connectivity index (χ4n) is 2.50. The maximum atomic E-state index is 12.3. The Bertz CT molecular complexity index is 250. The lowest BCUT2D eigenvalue weighted by molar-refractivity contribution is -0.129. The van der Waals surface area contributed by atoms with Crippen LogP contribution in [0.1, 0.15) is 58.8 Å². The Labute approximate surface area is 111 Å². The van der Waals surface area contributed by atoms with Crippen LogP contribution >= 0.6 is 0 Å². The lowest BCUT2D eigenvalue weighted by atomic mass is 9.80. The van der Waals surface area contributed by atoms with Gasteiger partial charge in [-0.2, -0.15) is 0 Å². The third-order valence-corrected chi connectivity index (χ3v) is 3.82. The molecule has 1 amide bonds. The van der Waals surface area contributed by atoms with Crippen molar-refractivity contribution in [2.45, 2.75) is 70.4 Å². The molecule has 0 aromatic heterocycles. The molecule has 4 nitrogen and oxygen atoms in total. The van der Waals surface area contributed by atoms with E-state index in [9.17, 15) is 9.90 Å². The number of hydrogen-bond acceptors (Lipinski definition) is 3. The minimum absolute atomic E-state index is 0.118. The first-order valence-electron chi connectivity index (χ1n) is 7.36. The van der Waals surface area contributed by atoms with Gasteiger partial charge >= 0.3 is 0 Å². The molecule has 1 aliphatic rings. The van der Waals surface area contributed by atoms with Crippen LogP contribution in [0.25, 0.3) is 0 Å². The summed E-state index contributed by atoms with van der Waals surface area (Å²) in [5.74, 6) is 0.118. The van der Waals surface area contributed by atoms with Gasteiger partial charge in [0.15, 0.2) is 0 Å². The molecule has 106 valence electrons. The lowest BCUT2D eigenvalue weighted by Gasteiger charge is -2.37. The van der Waals surface area contributed by atoms with E-state index in [1.54, 1.807) is 0 Å². The van der Waals surface area contributed by atoms with Gasteiger partial charge in [-0.1, -0.05) is 33.1 Å². The molecule has 0 aliphatic heterocycles.